The first kappa shape index (κ1) is 27.4. The molecule has 2 rings (SSSR count). The summed E-state index contributed by atoms with van der Waals surface area (Å²) >= 11 is 0. The number of sulfonamides is 1. The highest BCUT2D eigenvalue weighted by molar-refractivity contribution is 7.89. The molecule has 0 radical (unpaired) electrons. The molecule has 8 nitrogen and oxygen atoms in total. The van der Waals surface area contributed by atoms with Gasteiger partial charge in [-0.3, -0.25) is 9.59 Å². The van der Waals surface area contributed by atoms with Gasteiger partial charge in [-0.15, -0.1) is 0 Å². The van der Waals surface area contributed by atoms with Crippen LogP contribution in [0.2, 0.25) is 0 Å². The lowest BCUT2D eigenvalue weighted by Gasteiger charge is -2.29. The quantitative estimate of drug-likeness (QED) is 0.369. The van der Waals surface area contributed by atoms with E-state index in [1.54, 1.807) is 38.1 Å². The van der Waals surface area contributed by atoms with Gasteiger partial charge < -0.3 is 15.3 Å². The second-order valence-corrected chi connectivity index (χ2v) is 9.60. The average molecular weight is 494 g/mol. The van der Waals surface area contributed by atoms with Crippen molar-refractivity contribution in [1.82, 2.24) is 14.9 Å². The lowest BCUT2D eigenvalue weighted by molar-refractivity contribution is -0.140. The van der Waals surface area contributed by atoms with Crippen LogP contribution in [0.1, 0.15) is 37.8 Å². The molecule has 0 spiro atoms. The van der Waals surface area contributed by atoms with E-state index >= 15 is 0 Å². The summed E-state index contributed by atoms with van der Waals surface area (Å²) in [4.78, 5) is 27.2. The van der Waals surface area contributed by atoms with E-state index in [2.05, 4.69) is 10.0 Å². The summed E-state index contributed by atoms with van der Waals surface area (Å²) in [5.74, 6) is -1.00. The molecule has 2 aromatic carbocycles. The third-order valence-electron chi connectivity index (χ3n) is 5.26. The van der Waals surface area contributed by atoms with Gasteiger partial charge in [0, 0.05) is 32.7 Å². The second-order valence-electron chi connectivity index (χ2n) is 7.84. The number of hydrogen-bond acceptors (Lipinski definition) is 5. The Balaban J connectivity index is 2.10. The van der Waals surface area contributed by atoms with Crippen molar-refractivity contribution in [3.05, 3.63) is 65.5 Å². The molecular formula is C24H32FN3O5S. The molecular weight excluding hydrogens is 461 g/mol. The zero-order valence-electron chi connectivity index (χ0n) is 19.5. The van der Waals surface area contributed by atoms with Crippen LogP contribution in [0.25, 0.3) is 0 Å². The maximum atomic E-state index is 13.3. The van der Waals surface area contributed by atoms with Crippen LogP contribution in [-0.4, -0.2) is 56.0 Å². The van der Waals surface area contributed by atoms with Gasteiger partial charge in [-0.2, -0.15) is 0 Å². The molecule has 10 heteroatoms. The van der Waals surface area contributed by atoms with Crippen molar-refractivity contribution in [3.63, 3.8) is 0 Å². The Morgan fingerprint density at radius 3 is 2.26 bits per heavy atom. The Morgan fingerprint density at radius 2 is 1.68 bits per heavy atom. The van der Waals surface area contributed by atoms with Gasteiger partial charge in [0.15, 0.2) is 0 Å². The second kappa shape index (κ2) is 13.2. The van der Waals surface area contributed by atoms with E-state index in [1.807, 2.05) is 0 Å². The Morgan fingerprint density at radius 1 is 1.06 bits per heavy atom. The molecule has 0 aromatic heterocycles. The average Bonchev–Trinajstić information content (AvgIpc) is 2.82. The van der Waals surface area contributed by atoms with E-state index < -0.39 is 21.9 Å². The van der Waals surface area contributed by atoms with Gasteiger partial charge in [-0.1, -0.05) is 31.2 Å². The molecule has 0 unspecified atom stereocenters. The number of rotatable bonds is 13. The van der Waals surface area contributed by atoms with Crippen LogP contribution in [0.4, 0.5) is 4.39 Å². The number of carbonyl (C=O) groups is 2. The third-order valence-corrected chi connectivity index (χ3v) is 6.82. The highest BCUT2D eigenvalue weighted by atomic mass is 32.2. The van der Waals surface area contributed by atoms with E-state index in [0.717, 1.165) is 5.56 Å². The van der Waals surface area contributed by atoms with Crippen LogP contribution < -0.4 is 10.0 Å². The molecule has 186 valence electrons. The zero-order valence-corrected chi connectivity index (χ0v) is 20.3. The van der Waals surface area contributed by atoms with E-state index in [-0.39, 0.29) is 42.8 Å². The van der Waals surface area contributed by atoms with Gasteiger partial charge in [0.1, 0.15) is 11.9 Å². The molecule has 2 amide bonds. The van der Waals surface area contributed by atoms with Crippen molar-refractivity contribution in [2.75, 3.05) is 19.7 Å². The minimum atomic E-state index is -3.55. The number of aryl methyl sites for hydroxylation is 1. The van der Waals surface area contributed by atoms with Crippen molar-refractivity contribution in [3.8, 4) is 0 Å². The standard InChI is InChI=1S/C24H32FN3O5S/c1-3-27-34(32,33)22-12-7-19(8-13-22)9-14-23(30)28(17-20-5-10-21(25)11-6-20)18(2)24(31)26-15-4-16-29/h5-8,10-13,18,27,29H,3-4,9,14-17H2,1-2H3,(H,26,31)/t18-/m1/s1. The van der Waals surface area contributed by atoms with E-state index in [4.69, 9.17) is 5.11 Å². The number of aliphatic hydroxyl groups is 1. The Bertz CT molecular complexity index is 1040. The molecule has 0 heterocycles. The van der Waals surface area contributed by atoms with Gasteiger partial charge in [-0.05, 0) is 55.2 Å². The molecule has 0 fully saturated rings. The summed E-state index contributed by atoms with van der Waals surface area (Å²) in [6.45, 7) is 3.98. The van der Waals surface area contributed by atoms with Gasteiger partial charge in [0.25, 0.3) is 0 Å². The molecule has 34 heavy (non-hydrogen) atoms. The molecule has 2 aromatic rings. The lowest BCUT2D eigenvalue weighted by atomic mass is 10.1. The SMILES string of the molecule is CCNS(=O)(=O)c1ccc(CCC(=O)N(Cc2ccc(F)cc2)[C@H](C)C(=O)NCCCO)cc1. The van der Waals surface area contributed by atoms with Crippen LogP contribution in [-0.2, 0) is 32.6 Å². The number of hydrogen-bond donors (Lipinski definition) is 3. The Hall–Kier alpha value is -2.82. The van der Waals surface area contributed by atoms with Gasteiger partial charge in [-0.25, -0.2) is 17.5 Å². The molecule has 0 bridgehead atoms. The monoisotopic (exact) mass is 493 g/mol. The van der Waals surface area contributed by atoms with Crippen molar-refractivity contribution in [2.24, 2.45) is 0 Å². The minimum Gasteiger partial charge on any atom is -0.396 e. The van der Waals surface area contributed by atoms with Gasteiger partial charge in [0.05, 0.1) is 4.90 Å². The fraction of sp³-hybridized carbons (Fsp3) is 0.417. The fourth-order valence-corrected chi connectivity index (χ4v) is 4.35. The summed E-state index contributed by atoms with van der Waals surface area (Å²) in [6, 6.07) is 11.3. The molecule has 0 aliphatic rings. The summed E-state index contributed by atoms with van der Waals surface area (Å²) in [7, 11) is -3.55. The molecule has 0 saturated carbocycles. The molecule has 0 aliphatic carbocycles. The minimum absolute atomic E-state index is 0.0541. The van der Waals surface area contributed by atoms with Crippen LogP contribution in [0, 0.1) is 5.82 Å². The van der Waals surface area contributed by atoms with Crippen LogP contribution in [0.15, 0.2) is 53.4 Å². The molecule has 0 saturated heterocycles. The van der Waals surface area contributed by atoms with Crippen molar-refractivity contribution in [1.29, 1.82) is 0 Å². The van der Waals surface area contributed by atoms with Crippen LogP contribution in [0.5, 0.6) is 0 Å². The number of amides is 2. The van der Waals surface area contributed by atoms with E-state index in [1.165, 1.54) is 29.2 Å². The molecule has 0 aliphatic heterocycles. The van der Waals surface area contributed by atoms with E-state index in [9.17, 15) is 22.4 Å². The highest BCUT2D eigenvalue weighted by Crippen LogP contribution is 2.15. The normalized spacial score (nSPS) is 12.2. The Labute approximate surface area is 200 Å². The van der Waals surface area contributed by atoms with Crippen LogP contribution >= 0.6 is 0 Å². The number of carbonyl (C=O) groups excluding carboxylic acids is 2. The maximum absolute atomic E-state index is 13.3. The summed E-state index contributed by atoms with van der Waals surface area (Å²) in [5.41, 5.74) is 1.47. The van der Waals surface area contributed by atoms with Gasteiger partial charge in [0.2, 0.25) is 21.8 Å². The van der Waals surface area contributed by atoms with Crippen molar-refractivity contribution < 1.29 is 27.5 Å². The third kappa shape index (κ3) is 8.19. The van der Waals surface area contributed by atoms with Crippen LogP contribution in [0.3, 0.4) is 0 Å². The zero-order chi connectivity index (χ0) is 25.1. The predicted molar refractivity (Wildman–Crippen MR) is 127 cm³/mol. The first-order chi connectivity index (χ1) is 16.2. The summed E-state index contributed by atoms with van der Waals surface area (Å²) in [5, 5.41) is 11.6. The topological polar surface area (TPSA) is 116 Å². The largest absolute Gasteiger partial charge is 0.396 e. The van der Waals surface area contributed by atoms with Crippen molar-refractivity contribution >= 4 is 21.8 Å². The van der Waals surface area contributed by atoms with E-state index in [0.29, 0.717) is 24.9 Å². The van der Waals surface area contributed by atoms with Crippen molar-refractivity contribution in [2.45, 2.75) is 50.6 Å². The highest BCUT2D eigenvalue weighted by Gasteiger charge is 2.26. The smallest absolute Gasteiger partial charge is 0.242 e. The number of nitrogens with zero attached hydrogens (tertiary/aromatic N) is 1. The maximum Gasteiger partial charge on any atom is 0.242 e. The molecule has 3 N–H and O–H groups in total. The van der Waals surface area contributed by atoms with Gasteiger partial charge >= 0.3 is 0 Å². The summed E-state index contributed by atoms with van der Waals surface area (Å²) in [6.07, 6.45) is 0.873. The number of nitrogens with one attached hydrogen (secondary N) is 2. The first-order valence-electron chi connectivity index (χ1n) is 11.2. The number of aliphatic hydroxyl groups excluding tert-OH is 1. The Kier molecular flexibility index (Phi) is 10.6. The number of halogens is 1. The summed E-state index contributed by atoms with van der Waals surface area (Å²) < 4.78 is 39.9. The first-order valence-corrected chi connectivity index (χ1v) is 12.7. The fourth-order valence-electron chi connectivity index (χ4n) is 3.31. The lowest BCUT2D eigenvalue weighted by Crippen LogP contribution is -2.48. The molecule has 1 atom stereocenters. The predicted octanol–water partition coefficient (Wildman–Crippen LogP) is 1.97. The number of benzene rings is 2.